The zero-order valence-electron chi connectivity index (χ0n) is 20.1. The van der Waals surface area contributed by atoms with Crippen LogP contribution in [-0.2, 0) is 4.79 Å². The van der Waals surface area contributed by atoms with Crippen molar-refractivity contribution in [2.75, 3.05) is 44.8 Å². The molecule has 2 atom stereocenters. The second-order valence-corrected chi connectivity index (χ2v) is 9.56. The molecule has 2 unspecified atom stereocenters. The van der Waals surface area contributed by atoms with Crippen molar-refractivity contribution in [2.24, 2.45) is 5.41 Å². The average molecular weight is 454 g/mol. The van der Waals surface area contributed by atoms with E-state index in [-0.39, 0.29) is 36.4 Å². The molecule has 1 aromatic carbocycles. The normalized spacial score (nSPS) is 22.9. The van der Waals surface area contributed by atoms with Gasteiger partial charge in [0.05, 0.1) is 26.8 Å². The van der Waals surface area contributed by atoms with Crippen LogP contribution in [0.25, 0.3) is 0 Å². The molecule has 2 aromatic rings. The predicted octanol–water partition coefficient (Wildman–Crippen LogP) is 3.39. The molecule has 0 saturated carbocycles. The standard InChI is InChI=1S/C26H35N3O4/c1-5-26(3)17-29(25(31)10-11-30)16-21(26)19-7-8-22(32-4)23(12-19)33-20-14-28(15-20)24-9-6-18(2)13-27-24/h6-9,12-13,20-21,30H,5,10-11,14-17H2,1-4H3. The summed E-state index contributed by atoms with van der Waals surface area (Å²) >= 11 is 0. The summed E-state index contributed by atoms with van der Waals surface area (Å²) in [7, 11) is 1.66. The van der Waals surface area contributed by atoms with Gasteiger partial charge in [-0.05, 0) is 48.1 Å². The zero-order chi connectivity index (χ0) is 23.6. The number of amides is 1. The quantitative estimate of drug-likeness (QED) is 0.660. The number of anilines is 1. The molecule has 1 N–H and O–H groups in total. The van der Waals surface area contributed by atoms with E-state index in [0.29, 0.717) is 13.1 Å². The maximum Gasteiger partial charge on any atom is 0.224 e. The fourth-order valence-corrected chi connectivity index (χ4v) is 4.89. The van der Waals surface area contributed by atoms with E-state index in [1.807, 2.05) is 30.2 Å². The molecule has 178 valence electrons. The van der Waals surface area contributed by atoms with E-state index in [1.165, 1.54) is 0 Å². The van der Waals surface area contributed by atoms with Crippen molar-refractivity contribution in [3.05, 3.63) is 47.7 Å². The van der Waals surface area contributed by atoms with Crippen LogP contribution in [0.2, 0.25) is 0 Å². The summed E-state index contributed by atoms with van der Waals surface area (Å²) in [6.07, 6.45) is 3.10. The third-order valence-electron chi connectivity index (χ3n) is 7.23. The lowest BCUT2D eigenvalue weighted by molar-refractivity contribution is -0.131. The molecule has 7 nitrogen and oxygen atoms in total. The van der Waals surface area contributed by atoms with Crippen LogP contribution in [0.1, 0.15) is 43.7 Å². The van der Waals surface area contributed by atoms with E-state index in [2.05, 4.69) is 41.9 Å². The molecular weight excluding hydrogens is 418 g/mol. The van der Waals surface area contributed by atoms with Gasteiger partial charge in [-0.3, -0.25) is 4.79 Å². The number of aromatic nitrogens is 1. The Kier molecular flexibility index (Phi) is 6.79. The fraction of sp³-hybridized carbons (Fsp3) is 0.538. The summed E-state index contributed by atoms with van der Waals surface area (Å²) in [6, 6.07) is 10.3. The van der Waals surface area contributed by atoms with E-state index in [4.69, 9.17) is 9.47 Å². The lowest BCUT2D eigenvalue weighted by Crippen LogP contribution is -2.54. The number of ether oxygens (including phenoxy) is 2. The SMILES string of the molecule is CCC1(C)CN(C(=O)CCO)CC1c1ccc(OC)c(OC2CN(c3ccc(C)cn3)C2)c1. The summed E-state index contributed by atoms with van der Waals surface area (Å²) in [5, 5.41) is 9.19. The maximum atomic E-state index is 12.5. The third-order valence-corrected chi connectivity index (χ3v) is 7.23. The predicted molar refractivity (Wildman–Crippen MR) is 128 cm³/mol. The van der Waals surface area contributed by atoms with Gasteiger partial charge in [-0.2, -0.15) is 0 Å². The van der Waals surface area contributed by atoms with Crippen LogP contribution in [0.4, 0.5) is 5.82 Å². The first-order valence-electron chi connectivity index (χ1n) is 11.8. The highest BCUT2D eigenvalue weighted by Crippen LogP contribution is 2.47. The lowest BCUT2D eigenvalue weighted by atomic mass is 9.74. The fourth-order valence-electron chi connectivity index (χ4n) is 4.89. The molecule has 2 aliphatic rings. The minimum atomic E-state index is -0.111. The van der Waals surface area contributed by atoms with Crippen LogP contribution in [0.3, 0.4) is 0 Å². The molecule has 3 heterocycles. The molecule has 0 aliphatic carbocycles. The van der Waals surface area contributed by atoms with Crippen LogP contribution in [0.5, 0.6) is 11.5 Å². The molecule has 2 fully saturated rings. The van der Waals surface area contributed by atoms with Crippen molar-refractivity contribution in [1.29, 1.82) is 0 Å². The molecule has 1 aromatic heterocycles. The Morgan fingerprint density at radius 3 is 2.64 bits per heavy atom. The molecule has 1 amide bonds. The molecule has 0 radical (unpaired) electrons. The number of carbonyl (C=O) groups excluding carboxylic acids is 1. The second-order valence-electron chi connectivity index (χ2n) is 9.56. The average Bonchev–Trinajstić information content (AvgIpc) is 3.15. The van der Waals surface area contributed by atoms with E-state index in [1.54, 1.807) is 7.11 Å². The molecule has 0 bridgehead atoms. The van der Waals surface area contributed by atoms with Crippen molar-refractivity contribution in [3.8, 4) is 11.5 Å². The minimum absolute atomic E-state index is 0.0175. The smallest absolute Gasteiger partial charge is 0.224 e. The van der Waals surface area contributed by atoms with Crippen molar-refractivity contribution >= 4 is 11.7 Å². The Bertz CT molecular complexity index is 974. The second kappa shape index (κ2) is 9.59. The number of benzene rings is 1. The highest BCUT2D eigenvalue weighted by molar-refractivity contribution is 5.77. The molecule has 7 heteroatoms. The van der Waals surface area contributed by atoms with Gasteiger partial charge in [0.2, 0.25) is 5.91 Å². The van der Waals surface area contributed by atoms with Crippen LogP contribution in [0.15, 0.2) is 36.5 Å². The van der Waals surface area contributed by atoms with Crippen molar-refractivity contribution in [3.63, 3.8) is 0 Å². The van der Waals surface area contributed by atoms with Gasteiger partial charge in [0.1, 0.15) is 11.9 Å². The minimum Gasteiger partial charge on any atom is -0.493 e. The number of pyridine rings is 1. The molecule has 33 heavy (non-hydrogen) atoms. The number of hydrogen-bond acceptors (Lipinski definition) is 6. The van der Waals surface area contributed by atoms with E-state index >= 15 is 0 Å². The van der Waals surface area contributed by atoms with Gasteiger partial charge in [0, 0.05) is 31.6 Å². The number of hydrogen-bond donors (Lipinski definition) is 1. The summed E-state index contributed by atoms with van der Waals surface area (Å²) in [4.78, 5) is 21.1. The maximum absolute atomic E-state index is 12.5. The van der Waals surface area contributed by atoms with Gasteiger partial charge in [0.25, 0.3) is 0 Å². The lowest BCUT2D eigenvalue weighted by Gasteiger charge is -2.40. The number of likely N-dealkylation sites (tertiary alicyclic amines) is 1. The van der Waals surface area contributed by atoms with Gasteiger partial charge in [-0.25, -0.2) is 4.98 Å². The van der Waals surface area contributed by atoms with Crippen LogP contribution in [-0.4, -0.2) is 66.9 Å². The van der Waals surface area contributed by atoms with Crippen LogP contribution >= 0.6 is 0 Å². The van der Waals surface area contributed by atoms with Crippen LogP contribution in [0, 0.1) is 12.3 Å². The Labute approximate surface area is 196 Å². The summed E-state index contributed by atoms with van der Waals surface area (Å²) in [5.74, 6) is 2.65. The first-order chi connectivity index (χ1) is 15.9. The number of aryl methyl sites for hydroxylation is 1. The van der Waals surface area contributed by atoms with Gasteiger partial charge >= 0.3 is 0 Å². The van der Waals surface area contributed by atoms with Crippen molar-refractivity contribution in [2.45, 2.75) is 45.6 Å². The number of carbonyl (C=O) groups is 1. The first-order valence-corrected chi connectivity index (χ1v) is 11.8. The highest BCUT2D eigenvalue weighted by Gasteiger charge is 2.44. The number of nitrogens with zero attached hydrogens (tertiary/aromatic N) is 3. The van der Waals surface area contributed by atoms with Gasteiger partial charge in [-0.1, -0.05) is 26.0 Å². The Balaban J connectivity index is 1.48. The largest absolute Gasteiger partial charge is 0.493 e. The third kappa shape index (κ3) is 4.78. The Morgan fingerprint density at radius 1 is 1.21 bits per heavy atom. The molecule has 4 rings (SSSR count). The Hall–Kier alpha value is -2.80. The molecule has 0 spiro atoms. The van der Waals surface area contributed by atoms with Gasteiger partial charge < -0.3 is 24.4 Å². The van der Waals surface area contributed by atoms with Gasteiger partial charge in [0.15, 0.2) is 11.5 Å². The molecule has 2 aliphatic heterocycles. The number of aliphatic hydroxyl groups is 1. The van der Waals surface area contributed by atoms with Crippen LogP contribution < -0.4 is 14.4 Å². The van der Waals surface area contributed by atoms with E-state index in [9.17, 15) is 9.90 Å². The van der Waals surface area contributed by atoms with E-state index < -0.39 is 0 Å². The van der Waals surface area contributed by atoms with E-state index in [0.717, 1.165) is 48.0 Å². The number of methoxy groups -OCH3 is 1. The highest BCUT2D eigenvalue weighted by atomic mass is 16.5. The zero-order valence-corrected chi connectivity index (χ0v) is 20.1. The first kappa shape index (κ1) is 23.4. The summed E-state index contributed by atoms with van der Waals surface area (Å²) in [6.45, 7) is 9.27. The summed E-state index contributed by atoms with van der Waals surface area (Å²) < 4.78 is 11.9. The Morgan fingerprint density at radius 2 is 2.00 bits per heavy atom. The summed E-state index contributed by atoms with van der Waals surface area (Å²) in [5.41, 5.74) is 2.28. The molecule has 2 saturated heterocycles. The number of rotatable bonds is 8. The van der Waals surface area contributed by atoms with Crippen molar-refractivity contribution < 1.29 is 19.4 Å². The number of aliphatic hydroxyl groups excluding tert-OH is 1. The van der Waals surface area contributed by atoms with Crippen molar-refractivity contribution in [1.82, 2.24) is 9.88 Å². The monoisotopic (exact) mass is 453 g/mol. The topological polar surface area (TPSA) is 75.1 Å². The molecular formula is C26H35N3O4. The van der Waals surface area contributed by atoms with Gasteiger partial charge in [-0.15, -0.1) is 0 Å².